The number of benzene rings is 2. The average molecular weight is 437 g/mol. The molecular weight excluding hydrogens is 408 g/mol. The van der Waals surface area contributed by atoms with Crippen molar-refractivity contribution in [3.63, 3.8) is 0 Å². The molecule has 7 heteroatoms. The van der Waals surface area contributed by atoms with Crippen LogP contribution in [0.15, 0.2) is 48.5 Å². The number of ether oxygens (including phenoxy) is 1. The normalized spacial score (nSPS) is 20.0. The van der Waals surface area contributed by atoms with Gasteiger partial charge in [-0.25, -0.2) is 9.59 Å². The topological polar surface area (TPSA) is 105 Å². The van der Waals surface area contributed by atoms with Crippen LogP contribution in [-0.4, -0.2) is 41.8 Å². The van der Waals surface area contributed by atoms with E-state index in [4.69, 9.17) is 4.74 Å². The molecule has 0 spiro atoms. The van der Waals surface area contributed by atoms with Gasteiger partial charge in [-0.3, -0.25) is 4.79 Å². The van der Waals surface area contributed by atoms with E-state index < -0.39 is 18.1 Å². The van der Waals surface area contributed by atoms with Crippen LogP contribution in [-0.2, 0) is 14.3 Å². The van der Waals surface area contributed by atoms with E-state index in [0.29, 0.717) is 12.8 Å². The molecule has 0 aliphatic heterocycles. The summed E-state index contributed by atoms with van der Waals surface area (Å²) in [5, 5.41) is 14.6. The lowest BCUT2D eigenvalue weighted by molar-refractivity contribution is -0.144. The minimum absolute atomic E-state index is 0.00273. The Morgan fingerprint density at radius 3 is 2.09 bits per heavy atom. The van der Waals surface area contributed by atoms with E-state index in [0.717, 1.165) is 11.1 Å². The van der Waals surface area contributed by atoms with Crippen molar-refractivity contribution in [2.45, 2.75) is 44.7 Å². The van der Waals surface area contributed by atoms with Gasteiger partial charge < -0.3 is 20.5 Å². The fraction of sp³-hybridized carbons (Fsp3) is 0.400. The summed E-state index contributed by atoms with van der Waals surface area (Å²) in [6, 6.07) is 15.3. The summed E-state index contributed by atoms with van der Waals surface area (Å²) >= 11 is 0. The number of aliphatic carboxylic acids is 1. The van der Waals surface area contributed by atoms with Gasteiger partial charge in [-0.05, 0) is 41.0 Å². The molecule has 2 aromatic rings. The molecule has 1 saturated carbocycles. The van der Waals surface area contributed by atoms with Crippen LogP contribution >= 0.6 is 0 Å². The molecule has 32 heavy (non-hydrogen) atoms. The van der Waals surface area contributed by atoms with Gasteiger partial charge >= 0.3 is 12.1 Å². The summed E-state index contributed by atoms with van der Waals surface area (Å²) < 4.78 is 5.54. The quantitative estimate of drug-likeness (QED) is 0.616. The molecular formula is C25H28N2O5. The summed E-state index contributed by atoms with van der Waals surface area (Å²) in [6.07, 6.45) is 0.447. The number of hydrogen-bond acceptors (Lipinski definition) is 4. The number of alkyl carbamates (subject to hydrolysis) is 1. The SMILES string of the molecule is CC(C)[C@@H](NC(=O)C1CC(NC(=O)OCC2c3ccccc3-c3ccccc32)C1)C(=O)O. The Balaban J connectivity index is 1.27. The maximum atomic E-state index is 12.3. The fourth-order valence-corrected chi connectivity index (χ4v) is 4.54. The van der Waals surface area contributed by atoms with E-state index in [9.17, 15) is 19.5 Å². The molecule has 7 nitrogen and oxygen atoms in total. The second kappa shape index (κ2) is 9.02. The summed E-state index contributed by atoms with van der Waals surface area (Å²) in [4.78, 5) is 35.9. The van der Waals surface area contributed by atoms with E-state index in [1.54, 1.807) is 13.8 Å². The van der Waals surface area contributed by atoms with Gasteiger partial charge in [0, 0.05) is 17.9 Å². The highest BCUT2D eigenvalue weighted by atomic mass is 16.5. The number of nitrogens with one attached hydrogen (secondary N) is 2. The summed E-state index contributed by atoms with van der Waals surface area (Å²) in [6.45, 7) is 3.74. The van der Waals surface area contributed by atoms with Crippen molar-refractivity contribution in [1.82, 2.24) is 10.6 Å². The number of carboxylic acids is 1. The van der Waals surface area contributed by atoms with Gasteiger partial charge in [-0.1, -0.05) is 62.4 Å². The Morgan fingerprint density at radius 2 is 1.56 bits per heavy atom. The number of hydrogen-bond donors (Lipinski definition) is 3. The van der Waals surface area contributed by atoms with Gasteiger partial charge in [0.05, 0.1) is 0 Å². The first-order valence-electron chi connectivity index (χ1n) is 11.0. The third-order valence-electron chi connectivity index (χ3n) is 6.40. The molecule has 4 rings (SSSR count). The minimum atomic E-state index is -1.04. The zero-order valence-electron chi connectivity index (χ0n) is 18.2. The number of fused-ring (bicyclic) bond motifs is 3. The number of carboxylic acid groups (broad SMARTS) is 1. The van der Waals surface area contributed by atoms with Crippen LogP contribution in [0.25, 0.3) is 11.1 Å². The largest absolute Gasteiger partial charge is 0.480 e. The highest BCUT2D eigenvalue weighted by Crippen LogP contribution is 2.44. The molecule has 168 valence electrons. The predicted molar refractivity (Wildman–Crippen MR) is 119 cm³/mol. The van der Waals surface area contributed by atoms with E-state index in [1.165, 1.54) is 11.1 Å². The van der Waals surface area contributed by atoms with Crippen LogP contribution in [0.5, 0.6) is 0 Å². The van der Waals surface area contributed by atoms with Crippen LogP contribution in [0.3, 0.4) is 0 Å². The molecule has 0 bridgehead atoms. The molecule has 0 radical (unpaired) electrons. The zero-order chi connectivity index (χ0) is 22.8. The molecule has 3 N–H and O–H groups in total. The van der Waals surface area contributed by atoms with Crippen molar-refractivity contribution in [2.75, 3.05) is 6.61 Å². The van der Waals surface area contributed by atoms with Crippen LogP contribution in [0, 0.1) is 11.8 Å². The Kier molecular flexibility index (Phi) is 6.17. The van der Waals surface area contributed by atoms with Gasteiger partial charge in [-0.15, -0.1) is 0 Å². The second-order valence-electron chi connectivity index (χ2n) is 8.90. The first-order valence-corrected chi connectivity index (χ1v) is 11.0. The molecule has 2 aliphatic rings. The maximum Gasteiger partial charge on any atom is 0.407 e. The number of carbonyl (C=O) groups is 3. The fourth-order valence-electron chi connectivity index (χ4n) is 4.54. The van der Waals surface area contributed by atoms with Crippen molar-refractivity contribution in [2.24, 2.45) is 11.8 Å². The van der Waals surface area contributed by atoms with Crippen molar-refractivity contribution < 1.29 is 24.2 Å². The highest BCUT2D eigenvalue weighted by molar-refractivity contribution is 5.86. The van der Waals surface area contributed by atoms with Crippen molar-refractivity contribution in [3.8, 4) is 11.1 Å². The molecule has 0 aromatic heterocycles. The molecule has 0 saturated heterocycles. The van der Waals surface area contributed by atoms with Crippen molar-refractivity contribution >= 4 is 18.0 Å². The first kappa shape index (κ1) is 21.9. The van der Waals surface area contributed by atoms with Crippen LogP contribution in [0.1, 0.15) is 43.7 Å². The smallest absolute Gasteiger partial charge is 0.407 e. The highest BCUT2D eigenvalue weighted by Gasteiger charge is 2.38. The van der Waals surface area contributed by atoms with E-state index in [1.807, 2.05) is 24.3 Å². The summed E-state index contributed by atoms with van der Waals surface area (Å²) in [5.74, 6) is -1.82. The van der Waals surface area contributed by atoms with E-state index in [2.05, 4.69) is 34.9 Å². The maximum absolute atomic E-state index is 12.3. The zero-order valence-corrected chi connectivity index (χ0v) is 18.2. The number of amides is 2. The molecule has 0 unspecified atom stereocenters. The van der Waals surface area contributed by atoms with E-state index >= 15 is 0 Å². The van der Waals surface area contributed by atoms with Gasteiger partial charge in [-0.2, -0.15) is 0 Å². The molecule has 0 heterocycles. The predicted octanol–water partition coefficient (Wildman–Crippen LogP) is 3.53. The Labute approximate surface area is 187 Å². The molecule has 2 amide bonds. The van der Waals surface area contributed by atoms with Crippen molar-refractivity contribution in [1.29, 1.82) is 0 Å². The van der Waals surface area contributed by atoms with Gasteiger partial charge in [0.1, 0.15) is 12.6 Å². The molecule has 2 aliphatic carbocycles. The summed E-state index contributed by atoms with van der Waals surface area (Å²) in [7, 11) is 0. The van der Waals surface area contributed by atoms with Gasteiger partial charge in [0.15, 0.2) is 0 Å². The first-order chi connectivity index (χ1) is 15.3. The van der Waals surface area contributed by atoms with Crippen LogP contribution < -0.4 is 10.6 Å². The van der Waals surface area contributed by atoms with Crippen LogP contribution in [0.4, 0.5) is 4.79 Å². The number of carbonyl (C=O) groups excluding carboxylic acids is 2. The lowest BCUT2D eigenvalue weighted by Crippen LogP contribution is -2.53. The third kappa shape index (κ3) is 4.33. The molecule has 1 fully saturated rings. The molecule has 1 atom stereocenters. The monoisotopic (exact) mass is 436 g/mol. The minimum Gasteiger partial charge on any atom is -0.480 e. The summed E-state index contributed by atoms with van der Waals surface area (Å²) in [5.41, 5.74) is 4.65. The third-order valence-corrected chi connectivity index (χ3v) is 6.40. The Bertz CT molecular complexity index is 983. The average Bonchev–Trinajstić information content (AvgIpc) is 3.06. The molecule has 2 aromatic carbocycles. The lowest BCUT2D eigenvalue weighted by atomic mass is 9.79. The Hall–Kier alpha value is -3.35. The van der Waals surface area contributed by atoms with E-state index in [-0.39, 0.29) is 36.3 Å². The van der Waals surface area contributed by atoms with Crippen LogP contribution in [0.2, 0.25) is 0 Å². The van der Waals surface area contributed by atoms with Gasteiger partial charge in [0.25, 0.3) is 0 Å². The second-order valence-corrected chi connectivity index (χ2v) is 8.90. The lowest BCUT2D eigenvalue weighted by Gasteiger charge is -2.35. The number of rotatable bonds is 7. The Morgan fingerprint density at radius 1 is 1.00 bits per heavy atom. The van der Waals surface area contributed by atoms with Gasteiger partial charge in [0.2, 0.25) is 5.91 Å². The standard InChI is InChI=1S/C25H28N2O5/c1-14(2)22(24(29)30)27-23(28)15-11-16(12-15)26-25(31)32-13-21-19-9-5-3-7-17(19)18-8-4-6-10-20(18)21/h3-10,14-16,21-22H,11-13H2,1-2H3,(H,26,31)(H,27,28)(H,29,30)/t15?,16?,22-/m1/s1. The van der Waals surface area contributed by atoms with Crippen molar-refractivity contribution in [3.05, 3.63) is 59.7 Å².